The van der Waals surface area contributed by atoms with Crippen molar-refractivity contribution in [1.82, 2.24) is 19.9 Å². The van der Waals surface area contributed by atoms with Crippen molar-refractivity contribution in [3.05, 3.63) is 66.7 Å². The van der Waals surface area contributed by atoms with Crippen LogP contribution in [0.2, 0.25) is 0 Å². The molecular weight excluding hydrogens is 422 g/mol. The zero-order valence-electron chi connectivity index (χ0n) is 18.1. The quantitative estimate of drug-likeness (QED) is 0.392. The molecule has 1 fully saturated rings. The topological polar surface area (TPSA) is 80.2 Å². The van der Waals surface area contributed by atoms with Gasteiger partial charge < -0.3 is 10.1 Å². The Bertz CT molecular complexity index is 999. The lowest BCUT2D eigenvalue weighted by Gasteiger charge is -2.34. The van der Waals surface area contributed by atoms with Crippen LogP contribution in [0.1, 0.15) is 31.7 Å². The Morgan fingerprint density at radius 2 is 1.94 bits per heavy atom. The number of benzene rings is 1. The number of aromatic nitrogens is 3. The van der Waals surface area contributed by atoms with Gasteiger partial charge in [-0.05, 0) is 61.5 Å². The van der Waals surface area contributed by atoms with Crippen LogP contribution in [0.15, 0.2) is 66.3 Å². The summed E-state index contributed by atoms with van der Waals surface area (Å²) in [6.45, 7) is 3.65. The normalized spacial score (nSPS) is 16.5. The molecule has 4 rings (SSSR count). The standard InChI is InChI=1S/C24H27N5O2S/c1-2-32-24-26-14-18(15-27-24)17-29-13-4-3-7-22(29)23(30)28-19-8-10-20(11-9-19)31-21-6-5-12-25-16-21/h5-6,8-12,14-16,22H,2-4,7,13,17H2,1H3,(H,28,30). The zero-order valence-corrected chi connectivity index (χ0v) is 18.9. The van der Waals surface area contributed by atoms with Crippen LogP contribution >= 0.6 is 11.8 Å². The molecule has 1 unspecified atom stereocenters. The number of thioether (sulfide) groups is 1. The average Bonchev–Trinajstić information content (AvgIpc) is 2.83. The van der Waals surface area contributed by atoms with E-state index in [-0.39, 0.29) is 11.9 Å². The molecule has 1 aliphatic rings. The number of hydrogen-bond acceptors (Lipinski definition) is 7. The Balaban J connectivity index is 1.36. The fraction of sp³-hybridized carbons (Fsp3) is 0.333. The van der Waals surface area contributed by atoms with E-state index in [4.69, 9.17) is 4.74 Å². The van der Waals surface area contributed by atoms with Crippen molar-refractivity contribution in [2.24, 2.45) is 0 Å². The van der Waals surface area contributed by atoms with Crippen molar-refractivity contribution in [2.75, 3.05) is 17.6 Å². The van der Waals surface area contributed by atoms with Crippen molar-refractivity contribution < 1.29 is 9.53 Å². The number of hydrogen-bond donors (Lipinski definition) is 1. The monoisotopic (exact) mass is 449 g/mol. The molecular formula is C24H27N5O2S. The molecule has 1 aromatic carbocycles. The highest BCUT2D eigenvalue weighted by Crippen LogP contribution is 2.24. The van der Waals surface area contributed by atoms with Crippen LogP contribution in [0, 0.1) is 0 Å². The highest BCUT2D eigenvalue weighted by atomic mass is 32.2. The maximum absolute atomic E-state index is 13.1. The van der Waals surface area contributed by atoms with E-state index in [9.17, 15) is 4.79 Å². The minimum atomic E-state index is -0.167. The van der Waals surface area contributed by atoms with Gasteiger partial charge in [0.2, 0.25) is 5.91 Å². The molecule has 0 aliphatic carbocycles. The molecule has 32 heavy (non-hydrogen) atoms. The largest absolute Gasteiger partial charge is 0.456 e. The Labute approximate surface area is 192 Å². The molecule has 166 valence electrons. The van der Waals surface area contributed by atoms with Gasteiger partial charge >= 0.3 is 0 Å². The number of nitrogens with one attached hydrogen (secondary N) is 1. The number of piperidine rings is 1. The molecule has 0 bridgehead atoms. The van der Waals surface area contributed by atoms with E-state index in [0.717, 1.165) is 48.0 Å². The molecule has 2 aromatic heterocycles. The van der Waals surface area contributed by atoms with Crippen LogP contribution in [0.4, 0.5) is 5.69 Å². The number of ether oxygens (including phenoxy) is 1. The third-order valence-corrected chi connectivity index (χ3v) is 6.01. The molecule has 3 heterocycles. The zero-order chi connectivity index (χ0) is 22.2. The van der Waals surface area contributed by atoms with E-state index in [1.165, 1.54) is 0 Å². The lowest BCUT2D eigenvalue weighted by atomic mass is 10.0. The third-order valence-electron chi connectivity index (χ3n) is 5.25. The summed E-state index contributed by atoms with van der Waals surface area (Å²) < 4.78 is 5.76. The molecule has 1 aliphatic heterocycles. The number of carbonyl (C=O) groups excluding carboxylic acids is 1. The first kappa shape index (κ1) is 22.2. The Kier molecular flexibility index (Phi) is 7.68. The molecule has 8 heteroatoms. The van der Waals surface area contributed by atoms with Gasteiger partial charge in [0, 0.05) is 36.4 Å². The highest BCUT2D eigenvalue weighted by molar-refractivity contribution is 7.99. The van der Waals surface area contributed by atoms with E-state index in [2.05, 4.69) is 32.1 Å². The maximum atomic E-state index is 13.1. The molecule has 1 N–H and O–H groups in total. The van der Waals surface area contributed by atoms with Gasteiger partial charge in [0.15, 0.2) is 5.16 Å². The van der Waals surface area contributed by atoms with Crippen LogP contribution in [0.25, 0.3) is 0 Å². The van der Waals surface area contributed by atoms with Gasteiger partial charge in [-0.3, -0.25) is 14.7 Å². The average molecular weight is 450 g/mol. The van der Waals surface area contributed by atoms with Crippen molar-refractivity contribution in [1.29, 1.82) is 0 Å². The second-order valence-corrected chi connectivity index (χ2v) is 8.82. The fourth-order valence-electron chi connectivity index (χ4n) is 3.72. The van der Waals surface area contributed by atoms with Crippen LogP contribution < -0.4 is 10.1 Å². The van der Waals surface area contributed by atoms with Crippen molar-refractivity contribution >= 4 is 23.4 Å². The number of pyridine rings is 1. The summed E-state index contributed by atoms with van der Waals surface area (Å²) in [5, 5.41) is 3.85. The lowest BCUT2D eigenvalue weighted by molar-refractivity contribution is -0.122. The lowest BCUT2D eigenvalue weighted by Crippen LogP contribution is -2.46. The summed E-state index contributed by atoms with van der Waals surface area (Å²) in [7, 11) is 0. The van der Waals surface area contributed by atoms with Gasteiger partial charge in [0.25, 0.3) is 0 Å². The van der Waals surface area contributed by atoms with Crippen molar-refractivity contribution in [3.63, 3.8) is 0 Å². The molecule has 0 radical (unpaired) electrons. The fourth-order valence-corrected chi connectivity index (χ4v) is 4.23. The Morgan fingerprint density at radius 3 is 2.66 bits per heavy atom. The molecule has 3 aromatic rings. The third kappa shape index (κ3) is 6.05. The maximum Gasteiger partial charge on any atom is 0.241 e. The molecule has 7 nitrogen and oxygen atoms in total. The van der Waals surface area contributed by atoms with Gasteiger partial charge in [0.05, 0.1) is 12.2 Å². The summed E-state index contributed by atoms with van der Waals surface area (Å²) in [4.78, 5) is 28.2. The minimum Gasteiger partial charge on any atom is -0.456 e. The van der Waals surface area contributed by atoms with Gasteiger partial charge in [-0.2, -0.15) is 0 Å². The SMILES string of the molecule is CCSc1ncc(CN2CCCCC2C(=O)Nc2ccc(Oc3cccnc3)cc2)cn1. The smallest absolute Gasteiger partial charge is 0.241 e. The van der Waals surface area contributed by atoms with Gasteiger partial charge in [-0.1, -0.05) is 25.1 Å². The van der Waals surface area contributed by atoms with Crippen LogP contribution in [0.3, 0.4) is 0 Å². The Hall–Kier alpha value is -2.97. The van der Waals surface area contributed by atoms with Crippen LogP contribution in [-0.2, 0) is 11.3 Å². The number of rotatable bonds is 8. The van der Waals surface area contributed by atoms with E-state index in [0.29, 0.717) is 18.0 Å². The number of nitrogens with zero attached hydrogens (tertiary/aromatic N) is 4. The van der Waals surface area contributed by atoms with Gasteiger partial charge in [0.1, 0.15) is 11.5 Å². The van der Waals surface area contributed by atoms with E-state index in [1.54, 1.807) is 24.2 Å². The first-order valence-electron chi connectivity index (χ1n) is 10.9. The summed E-state index contributed by atoms with van der Waals surface area (Å²) in [5.41, 5.74) is 1.78. The first-order valence-corrected chi connectivity index (χ1v) is 11.9. The number of carbonyl (C=O) groups is 1. The summed E-state index contributed by atoms with van der Waals surface area (Å²) >= 11 is 1.63. The number of likely N-dealkylation sites (tertiary alicyclic amines) is 1. The van der Waals surface area contributed by atoms with Crippen molar-refractivity contribution in [2.45, 2.75) is 43.9 Å². The van der Waals surface area contributed by atoms with E-state index in [1.807, 2.05) is 48.8 Å². The predicted molar refractivity (Wildman–Crippen MR) is 126 cm³/mol. The first-order chi connectivity index (χ1) is 15.7. The van der Waals surface area contributed by atoms with Crippen LogP contribution in [-0.4, -0.2) is 44.1 Å². The number of amides is 1. The van der Waals surface area contributed by atoms with Gasteiger partial charge in [-0.25, -0.2) is 9.97 Å². The molecule has 0 spiro atoms. The number of anilines is 1. The van der Waals surface area contributed by atoms with Gasteiger partial charge in [-0.15, -0.1) is 0 Å². The second kappa shape index (κ2) is 11.1. The van der Waals surface area contributed by atoms with E-state index >= 15 is 0 Å². The molecule has 1 saturated heterocycles. The molecule has 0 saturated carbocycles. The summed E-state index contributed by atoms with van der Waals surface area (Å²) in [6, 6.07) is 10.9. The molecule has 1 amide bonds. The molecule has 1 atom stereocenters. The predicted octanol–water partition coefficient (Wildman–Crippen LogP) is 4.77. The van der Waals surface area contributed by atoms with E-state index < -0.39 is 0 Å². The highest BCUT2D eigenvalue weighted by Gasteiger charge is 2.29. The summed E-state index contributed by atoms with van der Waals surface area (Å²) in [5.74, 6) is 2.33. The van der Waals surface area contributed by atoms with Crippen LogP contribution in [0.5, 0.6) is 11.5 Å². The second-order valence-electron chi connectivity index (χ2n) is 7.59. The Morgan fingerprint density at radius 1 is 1.12 bits per heavy atom. The minimum absolute atomic E-state index is 0.0182. The van der Waals surface area contributed by atoms with Crippen molar-refractivity contribution in [3.8, 4) is 11.5 Å². The summed E-state index contributed by atoms with van der Waals surface area (Å²) in [6.07, 6.45) is 10.1.